The fourth-order valence-electron chi connectivity index (χ4n) is 5.07. The van der Waals surface area contributed by atoms with Gasteiger partial charge in [-0.2, -0.15) is 0 Å². The van der Waals surface area contributed by atoms with E-state index in [1.165, 1.54) is 18.2 Å². The summed E-state index contributed by atoms with van der Waals surface area (Å²) in [7, 11) is 1.61. The number of hydrogen-bond donors (Lipinski definition) is 1. The third-order valence-electron chi connectivity index (χ3n) is 7.19. The van der Waals surface area contributed by atoms with Crippen LogP contribution in [0.25, 0.3) is 6.08 Å². The van der Waals surface area contributed by atoms with Gasteiger partial charge in [0.25, 0.3) is 11.6 Å². The molecule has 0 aliphatic carbocycles. The van der Waals surface area contributed by atoms with Crippen molar-refractivity contribution in [1.29, 1.82) is 0 Å². The van der Waals surface area contributed by atoms with Gasteiger partial charge in [-0.25, -0.2) is 0 Å². The van der Waals surface area contributed by atoms with Crippen LogP contribution in [-0.4, -0.2) is 84.5 Å². The maximum atomic E-state index is 13.8. The highest BCUT2D eigenvalue weighted by Gasteiger charge is 2.54. The molecule has 1 N–H and O–H groups in total. The molecule has 2 heterocycles. The molecular formula is C28H33N5O6. The van der Waals surface area contributed by atoms with Gasteiger partial charge < -0.3 is 24.8 Å². The van der Waals surface area contributed by atoms with Gasteiger partial charge in [0, 0.05) is 57.2 Å². The van der Waals surface area contributed by atoms with Gasteiger partial charge in [0.15, 0.2) is 0 Å². The first kappa shape index (κ1) is 27.8. The van der Waals surface area contributed by atoms with Crippen LogP contribution in [0.1, 0.15) is 24.8 Å². The first-order valence-corrected chi connectivity index (χ1v) is 12.9. The SMILES string of the molecule is COCCCNC(=O)CN1CN(c2ccccc2)C2(CCN(C(=O)/C=C/c3ccc([N+](=O)[O-])cc3)CC2)C1=O. The molecule has 0 radical (unpaired) electrons. The van der Waals surface area contributed by atoms with E-state index in [1.54, 1.807) is 35.1 Å². The summed E-state index contributed by atoms with van der Waals surface area (Å²) in [5.41, 5.74) is 0.726. The van der Waals surface area contributed by atoms with Gasteiger partial charge in [-0.1, -0.05) is 18.2 Å². The van der Waals surface area contributed by atoms with Crippen molar-refractivity contribution in [2.45, 2.75) is 24.8 Å². The molecule has 11 nitrogen and oxygen atoms in total. The molecule has 4 rings (SSSR count). The minimum absolute atomic E-state index is 0.0124. The number of benzene rings is 2. The van der Waals surface area contributed by atoms with E-state index in [2.05, 4.69) is 10.2 Å². The molecule has 0 bridgehead atoms. The minimum atomic E-state index is -0.837. The Kier molecular flexibility index (Phi) is 8.92. The second kappa shape index (κ2) is 12.5. The Hall–Kier alpha value is -4.25. The third kappa shape index (κ3) is 6.43. The van der Waals surface area contributed by atoms with E-state index >= 15 is 0 Å². The summed E-state index contributed by atoms with van der Waals surface area (Å²) in [6, 6.07) is 15.6. The molecular weight excluding hydrogens is 502 g/mol. The van der Waals surface area contributed by atoms with Crippen molar-refractivity contribution in [3.8, 4) is 0 Å². The molecule has 2 fully saturated rings. The van der Waals surface area contributed by atoms with Crippen molar-refractivity contribution in [3.05, 3.63) is 76.4 Å². The number of nitrogens with one attached hydrogen (secondary N) is 1. The van der Waals surface area contributed by atoms with E-state index in [-0.39, 0.29) is 30.0 Å². The minimum Gasteiger partial charge on any atom is -0.385 e. The Labute approximate surface area is 227 Å². The average Bonchev–Trinajstić information content (AvgIpc) is 3.21. The predicted octanol–water partition coefficient (Wildman–Crippen LogP) is 2.43. The number of carbonyl (C=O) groups is 3. The zero-order valence-corrected chi connectivity index (χ0v) is 22.0. The lowest BCUT2D eigenvalue weighted by atomic mass is 9.85. The highest BCUT2D eigenvalue weighted by Crippen LogP contribution is 2.39. The van der Waals surface area contributed by atoms with Gasteiger partial charge in [-0.05, 0) is 55.2 Å². The number of hydrogen-bond acceptors (Lipinski definition) is 7. The summed E-state index contributed by atoms with van der Waals surface area (Å²) in [5, 5.41) is 13.7. The Morgan fingerprint density at radius 1 is 1.10 bits per heavy atom. The maximum absolute atomic E-state index is 13.8. The van der Waals surface area contributed by atoms with Gasteiger partial charge in [0.2, 0.25) is 11.8 Å². The number of rotatable bonds is 10. The van der Waals surface area contributed by atoms with Gasteiger partial charge in [-0.3, -0.25) is 24.5 Å². The molecule has 0 unspecified atom stereocenters. The van der Waals surface area contributed by atoms with Crippen molar-refractivity contribution in [2.24, 2.45) is 0 Å². The molecule has 2 saturated heterocycles. The molecule has 1 spiro atoms. The Morgan fingerprint density at radius 2 is 1.79 bits per heavy atom. The van der Waals surface area contributed by atoms with Crippen molar-refractivity contribution < 1.29 is 24.0 Å². The normalized spacial score (nSPS) is 16.7. The summed E-state index contributed by atoms with van der Waals surface area (Å²) in [5.74, 6) is -0.507. The number of piperidine rings is 1. The summed E-state index contributed by atoms with van der Waals surface area (Å²) in [6.07, 6.45) is 4.64. The third-order valence-corrected chi connectivity index (χ3v) is 7.19. The number of nitro groups is 1. The van der Waals surface area contributed by atoms with Crippen LogP contribution in [0.2, 0.25) is 0 Å². The lowest BCUT2D eigenvalue weighted by molar-refractivity contribution is -0.384. The Balaban J connectivity index is 1.42. The molecule has 39 heavy (non-hydrogen) atoms. The number of anilines is 1. The fourth-order valence-corrected chi connectivity index (χ4v) is 5.07. The molecule has 2 aromatic rings. The number of nitro benzene ring substituents is 1. The van der Waals surface area contributed by atoms with E-state index in [0.717, 1.165) is 5.69 Å². The number of para-hydroxylation sites is 1. The van der Waals surface area contributed by atoms with Crippen LogP contribution in [-0.2, 0) is 19.1 Å². The summed E-state index contributed by atoms with van der Waals surface area (Å²) < 4.78 is 5.01. The number of likely N-dealkylation sites (tertiary alicyclic amines) is 1. The lowest BCUT2D eigenvalue weighted by Gasteiger charge is -2.43. The van der Waals surface area contributed by atoms with Crippen LogP contribution in [0, 0.1) is 10.1 Å². The van der Waals surface area contributed by atoms with Gasteiger partial charge in [-0.15, -0.1) is 0 Å². The smallest absolute Gasteiger partial charge is 0.269 e. The van der Waals surface area contributed by atoms with Crippen molar-refractivity contribution >= 4 is 35.2 Å². The number of non-ortho nitro benzene ring substituents is 1. The molecule has 2 aliphatic heterocycles. The van der Waals surface area contributed by atoms with Crippen molar-refractivity contribution in [1.82, 2.24) is 15.1 Å². The van der Waals surface area contributed by atoms with Crippen LogP contribution in [0.15, 0.2) is 60.7 Å². The molecule has 2 aliphatic rings. The van der Waals surface area contributed by atoms with Crippen LogP contribution >= 0.6 is 0 Å². The summed E-state index contributed by atoms with van der Waals surface area (Å²) >= 11 is 0. The molecule has 0 saturated carbocycles. The molecule has 206 valence electrons. The maximum Gasteiger partial charge on any atom is 0.269 e. The molecule has 11 heteroatoms. The van der Waals surface area contributed by atoms with Crippen LogP contribution in [0.5, 0.6) is 0 Å². The van der Waals surface area contributed by atoms with E-state index in [4.69, 9.17) is 4.74 Å². The van der Waals surface area contributed by atoms with E-state index in [9.17, 15) is 24.5 Å². The second-order valence-corrected chi connectivity index (χ2v) is 9.64. The van der Waals surface area contributed by atoms with Crippen molar-refractivity contribution in [3.63, 3.8) is 0 Å². The van der Waals surface area contributed by atoms with E-state index in [0.29, 0.717) is 57.7 Å². The highest BCUT2D eigenvalue weighted by atomic mass is 16.6. The van der Waals surface area contributed by atoms with Crippen LogP contribution < -0.4 is 10.2 Å². The highest BCUT2D eigenvalue weighted by molar-refractivity contribution is 5.97. The monoisotopic (exact) mass is 535 g/mol. The van der Waals surface area contributed by atoms with Gasteiger partial charge in [0.05, 0.1) is 11.6 Å². The molecule has 0 atom stereocenters. The number of ether oxygens (including phenoxy) is 1. The number of methoxy groups -OCH3 is 1. The Morgan fingerprint density at radius 3 is 2.44 bits per heavy atom. The molecule has 2 aromatic carbocycles. The van der Waals surface area contributed by atoms with Crippen LogP contribution in [0.3, 0.4) is 0 Å². The topological polar surface area (TPSA) is 125 Å². The fraction of sp³-hybridized carbons (Fsp3) is 0.393. The Bertz CT molecular complexity index is 1210. The molecule has 0 aromatic heterocycles. The largest absolute Gasteiger partial charge is 0.385 e. The predicted molar refractivity (Wildman–Crippen MR) is 146 cm³/mol. The van der Waals surface area contributed by atoms with Crippen LogP contribution in [0.4, 0.5) is 11.4 Å². The van der Waals surface area contributed by atoms with Gasteiger partial charge in [0.1, 0.15) is 12.1 Å². The first-order chi connectivity index (χ1) is 18.8. The number of nitrogens with zero attached hydrogens (tertiary/aromatic N) is 4. The zero-order valence-electron chi connectivity index (χ0n) is 22.0. The van der Waals surface area contributed by atoms with Crippen molar-refractivity contribution in [2.75, 3.05) is 51.5 Å². The average molecular weight is 536 g/mol. The quantitative estimate of drug-likeness (QED) is 0.214. The van der Waals surface area contributed by atoms with E-state index < -0.39 is 10.5 Å². The lowest BCUT2D eigenvalue weighted by Crippen LogP contribution is -2.57. The van der Waals surface area contributed by atoms with Gasteiger partial charge >= 0.3 is 0 Å². The summed E-state index contributed by atoms with van der Waals surface area (Å²) in [4.78, 5) is 54.9. The standard InChI is InChI=1S/C28H33N5O6/c1-39-19-5-16-29-25(34)20-31-21-32(23-6-3-2-4-7-23)28(27(31)36)14-17-30(18-15-28)26(35)13-10-22-8-11-24(12-9-22)33(37)38/h2-4,6-13H,5,14-21H2,1H3,(H,29,34)/b13-10+. The van der Waals surface area contributed by atoms with E-state index in [1.807, 2.05) is 30.3 Å². The first-order valence-electron chi connectivity index (χ1n) is 12.9. The number of amides is 3. The second-order valence-electron chi connectivity index (χ2n) is 9.64. The molecule has 3 amide bonds. The summed E-state index contributed by atoms with van der Waals surface area (Å²) in [6.45, 7) is 2.06. The number of carbonyl (C=O) groups excluding carboxylic acids is 3. The zero-order chi connectivity index (χ0) is 27.8.